The third-order valence-corrected chi connectivity index (χ3v) is 4.73. The van der Waals surface area contributed by atoms with Crippen molar-refractivity contribution in [3.63, 3.8) is 0 Å². The van der Waals surface area contributed by atoms with Gasteiger partial charge in [-0.3, -0.25) is 4.68 Å². The number of hydrogen-bond donors (Lipinski definition) is 2. The van der Waals surface area contributed by atoms with Crippen molar-refractivity contribution in [1.29, 1.82) is 0 Å². The Labute approximate surface area is 121 Å². The molecule has 116 valence electrons. The second-order valence-corrected chi connectivity index (χ2v) is 7.44. The van der Waals surface area contributed by atoms with Gasteiger partial charge in [0, 0.05) is 19.1 Å². The molecule has 0 bridgehead atoms. The van der Waals surface area contributed by atoms with Gasteiger partial charge in [0.2, 0.25) is 10.0 Å². The highest BCUT2D eigenvalue weighted by atomic mass is 32.2. The van der Waals surface area contributed by atoms with Gasteiger partial charge in [0.15, 0.2) is 0 Å². The zero-order valence-electron chi connectivity index (χ0n) is 13.0. The highest BCUT2D eigenvalue weighted by molar-refractivity contribution is 7.89. The van der Waals surface area contributed by atoms with Crippen molar-refractivity contribution in [1.82, 2.24) is 14.5 Å². The molecule has 0 radical (unpaired) electrons. The summed E-state index contributed by atoms with van der Waals surface area (Å²) < 4.78 is 29.1. The van der Waals surface area contributed by atoms with E-state index >= 15 is 0 Å². The Morgan fingerprint density at radius 2 is 1.90 bits per heavy atom. The first kappa shape index (κ1) is 17.1. The number of sulfonamides is 1. The molecule has 1 atom stereocenters. The highest BCUT2D eigenvalue weighted by Gasteiger charge is 2.24. The lowest BCUT2D eigenvalue weighted by atomic mass is 10.2. The van der Waals surface area contributed by atoms with Gasteiger partial charge in [-0.1, -0.05) is 13.8 Å². The van der Waals surface area contributed by atoms with E-state index in [1.54, 1.807) is 18.5 Å². The fourth-order valence-electron chi connectivity index (χ4n) is 2.09. The molecule has 0 spiro atoms. The summed E-state index contributed by atoms with van der Waals surface area (Å²) in [7, 11) is -3.52. The molecule has 1 rings (SSSR count). The maximum absolute atomic E-state index is 12.3. The van der Waals surface area contributed by atoms with Crippen LogP contribution >= 0.6 is 0 Å². The summed E-state index contributed by atoms with van der Waals surface area (Å²) in [6.07, 6.45) is 0.609. The average Bonchev–Trinajstić information content (AvgIpc) is 2.52. The molecule has 6 nitrogen and oxygen atoms in total. The Kier molecular flexibility index (Phi) is 5.73. The van der Waals surface area contributed by atoms with Gasteiger partial charge in [-0.25, -0.2) is 13.1 Å². The lowest BCUT2D eigenvalue weighted by Gasteiger charge is -2.10. The summed E-state index contributed by atoms with van der Waals surface area (Å²) in [5.41, 5.74) is 6.85. The Bertz CT molecular complexity index is 547. The molecule has 0 saturated carbocycles. The molecule has 1 heterocycles. The van der Waals surface area contributed by atoms with E-state index in [9.17, 15) is 8.42 Å². The summed E-state index contributed by atoms with van der Waals surface area (Å²) in [6, 6.07) is -0.0245. The van der Waals surface area contributed by atoms with Gasteiger partial charge >= 0.3 is 0 Å². The molecule has 0 fully saturated rings. The van der Waals surface area contributed by atoms with Gasteiger partial charge in [0.1, 0.15) is 4.90 Å². The van der Waals surface area contributed by atoms with Gasteiger partial charge in [-0.15, -0.1) is 0 Å². The van der Waals surface area contributed by atoms with Gasteiger partial charge < -0.3 is 5.73 Å². The summed E-state index contributed by atoms with van der Waals surface area (Å²) in [5, 5.41) is 4.33. The second kappa shape index (κ2) is 6.69. The van der Waals surface area contributed by atoms with Crippen molar-refractivity contribution >= 4 is 10.0 Å². The van der Waals surface area contributed by atoms with E-state index in [2.05, 4.69) is 23.7 Å². The summed E-state index contributed by atoms with van der Waals surface area (Å²) in [5.74, 6) is 0.412. The number of aryl methyl sites for hydroxylation is 1. The van der Waals surface area contributed by atoms with Crippen LogP contribution in [0, 0.1) is 19.8 Å². The van der Waals surface area contributed by atoms with Crippen molar-refractivity contribution in [2.75, 3.05) is 6.54 Å². The molecular weight excluding hydrogens is 276 g/mol. The van der Waals surface area contributed by atoms with Gasteiger partial charge in [0.25, 0.3) is 0 Å². The van der Waals surface area contributed by atoms with Crippen LogP contribution in [-0.2, 0) is 16.6 Å². The van der Waals surface area contributed by atoms with Crippen molar-refractivity contribution in [3.8, 4) is 0 Å². The summed E-state index contributed by atoms with van der Waals surface area (Å²) in [6.45, 7) is 10.6. The van der Waals surface area contributed by atoms with Gasteiger partial charge in [0.05, 0.1) is 11.4 Å². The van der Waals surface area contributed by atoms with Gasteiger partial charge in [-0.2, -0.15) is 5.10 Å². The number of rotatable bonds is 7. The van der Waals surface area contributed by atoms with Crippen LogP contribution in [0.2, 0.25) is 0 Å². The topological polar surface area (TPSA) is 90.0 Å². The van der Waals surface area contributed by atoms with Crippen molar-refractivity contribution in [2.24, 2.45) is 11.7 Å². The van der Waals surface area contributed by atoms with E-state index in [1.807, 2.05) is 6.92 Å². The average molecular weight is 302 g/mol. The lowest BCUT2D eigenvalue weighted by Crippen LogP contribution is -2.29. The third-order valence-electron chi connectivity index (χ3n) is 3.01. The minimum atomic E-state index is -3.52. The molecule has 3 N–H and O–H groups in total. The number of aromatic nitrogens is 2. The first-order chi connectivity index (χ1) is 9.15. The van der Waals surface area contributed by atoms with Crippen molar-refractivity contribution in [2.45, 2.75) is 58.5 Å². The molecule has 0 aromatic carbocycles. The van der Waals surface area contributed by atoms with Crippen LogP contribution in [0.15, 0.2) is 4.90 Å². The van der Waals surface area contributed by atoms with Crippen LogP contribution in [0.25, 0.3) is 0 Å². The van der Waals surface area contributed by atoms with Gasteiger partial charge in [-0.05, 0) is 33.1 Å². The largest absolute Gasteiger partial charge is 0.328 e. The van der Waals surface area contributed by atoms with E-state index in [-0.39, 0.29) is 6.04 Å². The normalized spacial score (nSPS) is 13.9. The Hall–Kier alpha value is -0.920. The standard InChI is InChI=1S/C13H26N4O2S/c1-9(2)8-17-12(5)13(11(4)16-17)20(18,19)15-7-6-10(3)14/h9-10,15H,6-8,14H2,1-5H3. The zero-order chi connectivity index (χ0) is 15.5. The zero-order valence-corrected chi connectivity index (χ0v) is 13.8. The molecule has 20 heavy (non-hydrogen) atoms. The number of nitrogens with one attached hydrogen (secondary N) is 1. The summed E-state index contributed by atoms with van der Waals surface area (Å²) >= 11 is 0. The molecule has 0 saturated heterocycles. The van der Waals surface area contributed by atoms with Crippen molar-refractivity contribution < 1.29 is 8.42 Å². The van der Waals surface area contributed by atoms with E-state index in [1.165, 1.54) is 0 Å². The van der Waals surface area contributed by atoms with Crippen LogP contribution in [-0.4, -0.2) is 30.8 Å². The van der Waals surface area contributed by atoms with Crippen LogP contribution < -0.4 is 10.5 Å². The molecule has 0 aliphatic rings. The lowest BCUT2D eigenvalue weighted by molar-refractivity contribution is 0.471. The number of nitrogens with zero attached hydrogens (tertiary/aromatic N) is 2. The monoisotopic (exact) mass is 302 g/mol. The van der Waals surface area contributed by atoms with Crippen LogP contribution in [0.3, 0.4) is 0 Å². The molecule has 1 unspecified atom stereocenters. The SMILES string of the molecule is Cc1nn(CC(C)C)c(C)c1S(=O)(=O)NCCC(C)N. The predicted molar refractivity (Wildman–Crippen MR) is 80.0 cm³/mol. The first-order valence-corrected chi connectivity index (χ1v) is 8.42. The van der Waals surface area contributed by atoms with Crippen LogP contribution in [0.1, 0.15) is 38.6 Å². The third kappa shape index (κ3) is 4.29. The van der Waals surface area contributed by atoms with E-state index in [0.29, 0.717) is 41.7 Å². The quantitative estimate of drug-likeness (QED) is 0.791. The molecule has 7 heteroatoms. The molecular formula is C13H26N4O2S. The fourth-order valence-corrected chi connectivity index (χ4v) is 3.54. The Morgan fingerprint density at radius 1 is 1.30 bits per heavy atom. The maximum atomic E-state index is 12.3. The first-order valence-electron chi connectivity index (χ1n) is 6.94. The minimum Gasteiger partial charge on any atom is -0.328 e. The maximum Gasteiger partial charge on any atom is 0.244 e. The van der Waals surface area contributed by atoms with Crippen molar-refractivity contribution in [3.05, 3.63) is 11.4 Å². The van der Waals surface area contributed by atoms with Crippen LogP contribution in [0.5, 0.6) is 0 Å². The molecule has 0 amide bonds. The summed E-state index contributed by atoms with van der Waals surface area (Å²) in [4.78, 5) is 0.294. The Morgan fingerprint density at radius 3 is 2.40 bits per heavy atom. The fraction of sp³-hybridized carbons (Fsp3) is 0.769. The minimum absolute atomic E-state index is 0.0245. The molecule has 0 aliphatic carbocycles. The van der Waals surface area contributed by atoms with E-state index in [4.69, 9.17) is 5.73 Å². The second-order valence-electron chi connectivity index (χ2n) is 5.74. The highest BCUT2D eigenvalue weighted by Crippen LogP contribution is 2.20. The smallest absolute Gasteiger partial charge is 0.244 e. The number of nitrogens with two attached hydrogens (primary N) is 1. The van der Waals surface area contributed by atoms with E-state index < -0.39 is 10.0 Å². The van der Waals surface area contributed by atoms with Crippen LogP contribution in [0.4, 0.5) is 0 Å². The molecule has 1 aromatic rings. The molecule has 0 aliphatic heterocycles. The Balaban J connectivity index is 2.97. The van der Waals surface area contributed by atoms with E-state index in [0.717, 1.165) is 0 Å². The molecule has 1 aromatic heterocycles. The number of hydrogen-bond acceptors (Lipinski definition) is 4. The predicted octanol–water partition coefficient (Wildman–Crippen LogP) is 1.17.